The van der Waals surface area contributed by atoms with E-state index in [9.17, 15) is 14.9 Å². The topological polar surface area (TPSA) is 108 Å². The first-order valence-electron chi connectivity index (χ1n) is 7.92. The maximum atomic E-state index is 12.4. The van der Waals surface area contributed by atoms with Crippen LogP contribution in [0.25, 0.3) is 0 Å². The molecule has 9 heteroatoms. The van der Waals surface area contributed by atoms with Crippen molar-refractivity contribution in [2.24, 2.45) is 7.05 Å². The Morgan fingerprint density at radius 1 is 1.35 bits per heavy atom. The Kier molecular flexibility index (Phi) is 4.53. The number of aryl methyl sites for hydroxylation is 2. The molecular weight excluding hydrogens is 336 g/mol. The third-order valence-corrected chi connectivity index (χ3v) is 4.02. The Morgan fingerprint density at radius 2 is 2.12 bits per heavy atom. The predicted molar refractivity (Wildman–Crippen MR) is 95.1 cm³/mol. The fourth-order valence-electron chi connectivity index (χ4n) is 2.67. The van der Waals surface area contributed by atoms with Crippen molar-refractivity contribution in [3.05, 3.63) is 69.3 Å². The number of benzene rings is 1. The number of hydrogen-bond acceptors (Lipinski definition) is 5. The molecule has 2 aromatic heterocycles. The Hall–Kier alpha value is -3.49. The molecule has 3 rings (SSSR count). The largest absolute Gasteiger partial charge is 0.322 e. The number of aromatic nitrogens is 4. The lowest BCUT2D eigenvalue weighted by Crippen LogP contribution is -2.14. The molecule has 1 amide bonds. The van der Waals surface area contributed by atoms with E-state index in [1.54, 1.807) is 24.9 Å². The minimum Gasteiger partial charge on any atom is -0.318 e. The summed E-state index contributed by atoms with van der Waals surface area (Å²) in [5.41, 5.74) is 2.48. The summed E-state index contributed by atoms with van der Waals surface area (Å²) in [6.07, 6.45) is 3.16. The highest BCUT2D eigenvalue weighted by molar-refractivity contribution is 6.05. The molecule has 0 saturated carbocycles. The number of nitro groups is 1. The summed E-state index contributed by atoms with van der Waals surface area (Å²) < 4.78 is 3.00. The molecule has 26 heavy (non-hydrogen) atoms. The minimum atomic E-state index is -0.643. The summed E-state index contributed by atoms with van der Waals surface area (Å²) in [6.45, 7) is 4.11. The molecule has 0 aliphatic heterocycles. The van der Waals surface area contributed by atoms with E-state index in [-0.39, 0.29) is 11.4 Å². The van der Waals surface area contributed by atoms with Crippen LogP contribution in [0.2, 0.25) is 0 Å². The van der Waals surface area contributed by atoms with Gasteiger partial charge in [-0.2, -0.15) is 10.2 Å². The van der Waals surface area contributed by atoms with Crippen molar-refractivity contribution in [3.63, 3.8) is 0 Å². The van der Waals surface area contributed by atoms with E-state index in [0.717, 1.165) is 11.1 Å². The third kappa shape index (κ3) is 3.46. The van der Waals surface area contributed by atoms with E-state index < -0.39 is 10.8 Å². The molecule has 0 radical (unpaired) electrons. The molecule has 0 spiro atoms. The predicted octanol–water partition coefficient (Wildman–Crippen LogP) is 2.44. The zero-order chi connectivity index (χ0) is 18.8. The van der Waals surface area contributed by atoms with E-state index in [1.807, 2.05) is 25.1 Å². The summed E-state index contributed by atoms with van der Waals surface area (Å²) in [5.74, 6) is -0.643. The fourth-order valence-corrected chi connectivity index (χ4v) is 2.67. The average molecular weight is 354 g/mol. The van der Waals surface area contributed by atoms with Gasteiger partial charge in [-0.25, -0.2) is 0 Å². The molecule has 134 valence electrons. The van der Waals surface area contributed by atoms with E-state index >= 15 is 0 Å². The van der Waals surface area contributed by atoms with E-state index in [1.165, 1.54) is 10.9 Å². The summed E-state index contributed by atoms with van der Waals surface area (Å²) in [4.78, 5) is 23.0. The molecule has 3 aromatic rings. The van der Waals surface area contributed by atoms with Crippen LogP contribution in [-0.4, -0.2) is 30.4 Å². The highest BCUT2D eigenvalue weighted by atomic mass is 16.6. The summed E-state index contributed by atoms with van der Waals surface area (Å²) in [5, 5.41) is 22.0. The Morgan fingerprint density at radius 3 is 2.81 bits per heavy atom. The SMILES string of the molecule is Cc1cccc(Cn2cc(NC(=O)c3nn(C)c(C)c3[N+](=O)[O-])cn2)c1. The molecule has 2 heterocycles. The van der Waals surface area contributed by atoms with Crippen LogP contribution in [0.15, 0.2) is 36.7 Å². The number of anilines is 1. The van der Waals surface area contributed by atoms with Crippen LogP contribution in [0.1, 0.15) is 27.3 Å². The van der Waals surface area contributed by atoms with Crippen LogP contribution < -0.4 is 5.32 Å². The highest BCUT2D eigenvalue weighted by Gasteiger charge is 2.29. The standard InChI is InChI=1S/C17H18N6O3/c1-11-5-4-6-13(7-11)9-22-10-14(8-18-22)19-17(24)15-16(23(25)26)12(2)21(3)20-15/h4-8,10H,9H2,1-3H3,(H,19,24). The van der Waals surface area contributed by atoms with Gasteiger partial charge in [0.15, 0.2) is 0 Å². The molecule has 1 N–H and O–H groups in total. The van der Waals surface area contributed by atoms with Crippen LogP contribution in [0.3, 0.4) is 0 Å². The average Bonchev–Trinajstić information content (AvgIpc) is 3.12. The number of carbonyl (C=O) groups excluding carboxylic acids is 1. The van der Waals surface area contributed by atoms with E-state index in [4.69, 9.17) is 0 Å². The molecule has 1 aromatic carbocycles. The maximum absolute atomic E-state index is 12.4. The lowest BCUT2D eigenvalue weighted by atomic mass is 10.1. The lowest BCUT2D eigenvalue weighted by Gasteiger charge is -2.03. The fraction of sp³-hybridized carbons (Fsp3) is 0.235. The number of nitrogens with zero attached hydrogens (tertiary/aromatic N) is 5. The van der Waals surface area contributed by atoms with Gasteiger partial charge in [0, 0.05) is 13.2 Å². The van der Waals surface area contributed by atoms with Crippen LogP contribution >= 0.6 is 0 Å². The van der Waals surface area contributed by atoms with Crippen molar-refractivity contribution in [2.45, 2.75) is 20.4 Å². The first-order chi connectivity index (χ1) is 12.3. The van der Waals surface area contributed by atoms with Gasteiger partial charge >= 0.3 is 5.69 Å². The number of carbonyl (C=O) groups is 1. The van der Waals surface area contributed by atoms with Gasteiger partial charge in [-0.1, -0.05) is 29.8 Å². The molecule has 0 saturated heterocycles. The summed E-state index contributed by atoms with van der Waals surface area (Å²) in [7, 11) is 1.55. The van der Waals surface area contributed by atoms with Gasteiger partial charge in [0.1, 0.15) is 5.69 Å². The molecule has 0 unspecified atom stereocenters. The van der Waals surface area contributed by atoms with Gasteiger partial charge in [0.05, 0.1) is 23.4 Å². The van der Waals surface area contributed by atoms with Crippen LogP contribution in [0.5, 0.6) is 0 Å². The Bertz CT molecular complexity index is 988. The number of nitrogens with one attached hydrogen (secondary N) is 1. The molecule has 0 atom stereocenters. The number of hydrogen-bond donors (Lipinski definition) is 1. The molecule has 0 fully saturated rings. The molecule has 0 aliphatic rings. The molecule has 9 nitrogen and oxygen atoms in total. The number of amides is 1. The van der Waals surface area contributed by atoms with Gasteiger partial charge in [-0.3, -0.25) is 24.3 Å². The second-order valence-corrected chi connectivity index (χ2v) is 6.03. The summed E-state index contributed by atoms with van der Waals surface area (Å²) in [6, 6.07) is 8.03. The minimum absolute atomic E-state index is 0.221. The van der Waals surface area contributed by atoms with Crippen molar-refractivity contribution in [3.8, 4) is 0 Å². The molecule has 0 aliphatic carbocycles. The Labute approximate surface area is 149 Å². The van der Waals surface area contributed by atoms with E-state index in [0.29, 0.717) is 17.9 Å². The highest BCUT2D eigenvalue weighted by Crippen LogP contribution is 2.23. The van der Waals surface area contributed by atoms with Crippen LogP contribution in [0.4, 0.5) is 11.4 Å². The molecule has 0 bridgehead atoms. The van der Waals surface area contributed by atoms with E-state index in [2.05, 4.69) is 21.6 Å². The van der Waals surface area contributed by atoms with Crippen molar-refractivity contribution in [2.75, 3.05) is 5.32 Å². The Balaban J connectivity index is 1.76. The first-order valence-corrected chi connectivity index (χ1v) is 7.92. The van der Waals surface area contributed by atoms with Crippen molar-refractivity contribution in [1.82, 2.24) is 19.6 Å². The maximum Gasteiger partial charge on any atom is 0.322 e. The smallest absolute Gasteiger partial charge is 0.318 e. The third-order valence-electron chi connectivity index (χ3n) is 4.02. The monoisotopic (exact) mass is 354 g/mol. The van der Waals surface area contributed by atoms with Gasteiger partial charge in [-0.05, 0) is 19.4 Å². The van der Waals surface area contributed by atoms with Gasteiger partial charge in [0.2, 0.25) is 5.69 Å². The zero-order valence-corrected chi connectivity index (χ0v) is 14.6. The lowest BCUT2D eigenvalue weighted by molar-refractivity contribution is -0.385. The van der Waals surface area contributed by atoms with Crippen molar-refractivity contribution < 1.29 is 9.72 Å². The van der Waals surface area contributed by atoms with Gasteiger partial charge in [-0.15, -0.1) is 0 Å². The molecular formula is C17H18N6O3. The van der Waals surface area contributed by atoms with Crippen LogP contribution in [-0.2, 0) is 13.6 Å². The second kappa shape index (κ2) is 6.79. The van der Waals surface area contributed by atoms with Crippen LogP contribution in [0, 0.1) is 24.0 Å². The number of rotatable bonds is 5. The van der Waals surface area contributed by atoms with Crippen molar-refractivity contribution in [1.29, 1.82) is 0 Å². The second-order valence-electron chi connectivity index (χ2n) is 6.03. The zero-order valence-electron chi connectivity index (χ0n) is 14.6. The van der Waals surface area contributed by atoms with Crippen molar-refractivity contribution >= 4 is 17.3 Å². The van der Waals surface area contributed by atoms with Gasteiger partial charge in [0.25, 0.3) is 5.91 Å². The van der Waals surface area contributed by atoms with Gasteiger partial charge < -0.3 is 5.32 Å². The summed E-state index contributed by atoms with van der Waals surface area (Å²) >= 11 is 0. The first kappa shape index (κ1) is 17.3. The quantitative estimate of drug-likeness (QED) is 0.559. The normalized spacial score (nSPS) is 10.7.